The van der Waals surface area contributed by atoms with Crippen LogP contribution in [-0.4, -0.2) is 18.4 Å². The van der Waals surface area contributed by atoms with E-state index in [4.69, 9.17) is 9.47 Å². The highest BCUT2D eigenvalue weighted by Gasteiger charge is 2.26. The van der Waals surface area contributed by atoms with Crippen molar-refractivity contribution in [3.05, 3.63) is 101 Å². The predicted molar refractivity (Wildman–Crippen MR) is 112 cm³/mol. The van der Waals surface area contributed by atoms with E-state index >= 15 is 0 Å². The van der Waals surface area contributed by atoms with E-state index in [1.54, 1.807) is 12.1 Å². The van der Waals surface area contributed by atoms with E-state index in [2.05, 4.69) is 0 Å². The van der Waals surface area contributed by atoms with E-state index < -0.39 is 12.1 Å². The molecule has 0 radical (unpaired) electrons. The largest absolute Gasteiger partial charge is 0.493 e. The molecule has 3 aromatic rings. The molecule has 0 amide bonds. The molecule has 1 atom stereocenters. The second-order valence-corrected chi connectivity index (χ2v) is 6.92. The van der Waals surface area contributed by atoms with Gasteiger partial charge in [-0.1, -0.05) is 77.9 Å². The zero-order chi connectivity index (χ0) is 20.6. The van der Waals surface area contributed by atoms with Crippen molar-refractivity contribution in [2.24, 2.45) is 0 Å². The lowest BCUT2D eigenvalue weighted by molar-refractivity contribution is -0.147. The SMILES string of the molecule is Cc1ccc(C(=O)C(OC(=O)CCOc2ccccc2)c2ccc(C)cc2)cc1. The number of Topliss-reactive ketones (excluding diaryl/α,β-unsaturated/α-hetero) is 1. The first-order valence-corrected chi connectivity index (χ1v) is 9.58. The molecule has 3 aromatic carbocycles. The second-order valence-electron chi connectivity index (χ2n) is 6.92. The van der Waals surface area contributed by atoms with E-state index in [-0.39, 0.29) is 18.8 Å². The Balaban J connectivity index is 1.70. The highest BCUT2D eigenvalue weighted by Crippen LogP contribution is 2.24. The van der Waals surface area contributed by atoms with Crippen LogP contribution in [0.5, 0.6) is 5.75 Å². The number of carbonyl (C=O) groups excluding carboxylic acids is 2. The minimum atomic E-state index is -0.984. The second kappa shape index (κ2) is 9.69. The Morgan fingerprint density at radius 2 is 1.38 bits per heavy atom. The molecule has 3 rings (SSSR count). The molecule has 0 aromatic heterocycles. The van der Waals surface area contributed by atoms with Crippen molar-refractivity contribution in [2.75, 3.05) is 6.61 Å². The van der Waals surface area contributed by atoms with Gasteiger partial charge in [-0.15, -0.1) is 0 Å². The number of hydrogen-bond donors (Lipinski definition) is 0. The molecule has 0 bridgehead atoms. The van der Waals surface area contributed by atoms with Crippen LogP contribution in [0.4, 0.5) is 0 Å². The Labute approximate surface area is 171 Å². The van der Waals surface area contributed by atoms with Crippen LogP contribution in [-0.2, 0) is 9.53 Å². The molecular formula is C25H24O4. The van der Waals surface area contributed by atoms with E-state index in [1.807, 2.05) is 80.6 Å². The van der Waals surface area contributed by atoms with Gasteiger partial charge in [0.25, 0.3) is 0 Å². The van der Waals surface area contributed by atoms with Gasteiger partial charge in [0.15, 0.2) is 6.10 Å². The van der Waals surface area contributed by atoms with Crippen LogP contribution < -0.4 is 4.74 Å². The number of benzene rings is 3. The lowest BCUT2D eigenvalue weighted by Gasteiger charge is -2.18. The smallest absolute Gasteiger partial charge is 0.310 e. The van der Waals surface area contributed by atoms with Crippen molar-refractivity contribution in [1.29, 1.82) is 0 Å². The van der Waals surface area contributed by atoms with Crippen LogP contribution in [0.3, 0.4) is 0 Å². The molecule has 0 spiro atoms. The molecule has 4 nitrogen and oxygen atoms in total. The first-order chi connectivity index (χ1) is 14.0. The van der Waals surface area contributed by atoms with Crippen molar-refractivity contribution in [3.63, 3.8) is 0 Å². The standard InChI is InChI=1S/C25H24O4/c1-18-8-12-20(13-9-18)24(27)25(21-14-10-19(2)11-15-21)29-23(26)16-17-28-22-6-4-3-5-7-22/h3-15,25H,16-17H2,1-2H3. The third kappa shape index (κ3) is 5.79. The number of aryl methyl sites for hydroxylation is 2. The molecule has 0 aliphatic rings. The Hall–Kier alpha value is -3.40. The third-order valence-electron chi connectivity index (χ3n) is 4.52. The van der Waals surface area contributed by atoms with Crippen molar-refractivity contribution in [2.45, 2.75) is 26.4 Å². The van der Waals surface area contributed by atoms with E-state index in [0.29, 0.717) is 16.9 Å². The average molecular weight is 388 g/mol. The zero-order valence-electron chi connectivity index (χ0n) is 16.6. The number of carbonyl (C=O) groups is 2. The molecule has 0 aliphatic heterocycles. The summed E-state index contributed by atoms with van der Waals surface area (Å²) in [4.78, 5) is 25.5. The fourth-order valence-corrected chi connectivity index (χ4v) is 2.84. The molecule has 0 heterocycles. The van der Waals surface area contributed by atoms with Crippen LogP contribution in [0, 0.1) is 13.8 Å². The quantitative estimate of drug-likeness (QED) is 0.391. The number of rotatable bonds is 8. The summed E-state index contributed by atoms with van der Waals surface area (Å²) in [6.45, 7) is 4.11. The monoisotopic (exact) mass is 388 g/mol. The van der Waals surface area contributed by atoms with Gasteiger partial charge in [-0.05, 0) is 26.0 Å². The Morgan fingerprint density at radius 1 is 0.793 bits per heavy atom. The van der Waals surface area contributed by atoms with Gasteiger partial charge in [0.1, 0.15) is 5.75 Å². The molecule has 0 fully saturated rings. The summed E-state index contributed by atoms with van der Waals surface area (Å²) in [5.74, 6) is -0.0377. The summed E-state index contributed by atoms with van der Waals surface area (Å²) in [5.41, 5.74) is 3.29. The molecule has 1 unspecified atom stereocenters. The zero-order valence-corrected chi connectivity index (χ0v) is 16.6. The van der Waals surface area contributed by atoms with Gasteiger partial charge >= 0.3 is 5.97 Å². The molecule has 4 heteroatoms. The first-order valence-electron chi connectivity index (χ1n) is 9.58. The predicted octanol–water partition coefficient (Wildman–Crippen LogP) is 5.24. The highest BCUT2D eigenvalue weighted by atomic mass is 16.5. The van der Waals surface area contributed by atoms with Crippen LogP contribution in [0.1, 0.15) is 39.6 Å². The van der Waals surface area contributed by atoms with Gasteiger partial charge < -0.3 is 9.47 Å². The molecule has 0 aliphatic carbocycles. The summed E-state index contributed by atoms with van der Waals surface area (Å²) in [7, 11) is 0. The molecule has 0 saturated carbocycles. The van der Waals surface area contributed by atoms with Gasteiger partial charge in [0.2, 0.25) is 5.78 Å². The highest BCUT2D eigenvalue weighted by molar-refractivity contribution is 6.01. The summed E-state index contributed by atoms with van der Waals surface area (Å²) >= 11 is 0. The molecule has 29 heavy (non-hydrogen) atoms. The van der Waals surface area contributed by atoms with Gasteiger partial charge in [0.05, 0.1) is 13.0 Å². The normalized spacial score (nSPS) is 11.5. The maximum absolute atomic E-state index is 13.1. The van der Waals surface area contributed by atoms with E-state index in [0.717, 1.165) is 11.1 Å². The summed E-state index contributed by atoms with van der Waals surface area (Å²) in [5, 5.41) is 0. The van der Waals surface area contributed by atoms with E-state index in [9.17, 15) is 9.59 Å². The summed E-state index contributed by atoms with van der Waals surface area (Å²) in [6, 6.07) is 23.9. The Morgan fingerprint density at radius 3 is 2.00 bits per heavy atom. The Bertz CT molecular complexity index is 944. The van der Waals surface area contributed by atoms with Crippen LogP contribution in [0.15, 0.2) is 78.9 Å². The maximum atomic E-state index is 13.1. The summed E-state index contributed by atoms with van der Waals surface area (Å²) < 4.78 is 11.1. The fraction of sp³-hybridized carbons (Fsp3) is 0.200. The first kappa shape index (κ1) is 20.3. The van der Waals surface area contributed by atoms with Gasteiger partial charge in [-0.2, -0.15) is 0 Å². The van der Waals surface area contributed by atoms with Gasteiger partial charge in [-0.25, -0.2) is 0 Å². The number of ether oxygens (including phenoxy) is 2. The number of ketones is 1. The number of esters is 1. The van der Waals surface area contributed by atoms with Gasteiger partial charge in [-0.3, -0.25) is 9.59 Å². The van der Waals surface area contributed by atoms with E-state index in [1.165, 1.54) is 0 Å². The van der Waals surface area contributed by atoms with Crippen molar-refractivity contribution < 1.29 is 19.1 Å². The van der Waals surface area contributed by atoms with Crippen molar-refractivity contribution in [3.8, 4) is 5.75 Å². The lowest BCUT2D eigenvalue weighted by Crippen LogP contribution is -2.21. The number of hydrogen-bond acceptors (Lipinski definition) is 4. The molecule has 148 valence electrons. The van der Waals surface area contributed by atoms with Crippen LogP contribution in [0.2, 0.25) is 0 Å². The van der Waals surface area contributed by atoms with Gasteiger partial charge in [0, 0.05) is 11.1 Å². The Kier molecular flexibility index (Phi) is 6.80. The number of para-hydroxylation sites is 1. The molecule has 0 saturated heterocycles. The van der Waals surface area contributed by atoms with Crippen LogP contribution >= 0.6 is 0 Å². The maximum Gasteiger partial charge on any atom is 0.310 e. The van der Waals surface area contributed by atoms with Crippen molar-refractivity contribution in [1.82, 2.24) is 0 Å². The minimum absolute atomic E-state index is 0.0540. The molecular weight excluding hydrogens is 364 g/mol. The summed E-state index contributed by atoms with van der Waals surface area (Å²) in [6.07, 6.45) is -0.930. The fourth-order valence-electron chi connectivity index (χ4n) is 2.84. The van der Waals surface area contributed by atoms with Crippen LogP contribution in [0.25, 0.3) is 0 Å². The topological polar surface area (TPSA) is 52.6 Å². The van der Waals surface area contributed by atoms with Crippen molar-refractivity contribution >= 4 is 11.8 Å². The lowest BCUT2D eigenvalue weighted by atomic mass is 9.98. The third-order valence-corrected chi connectivity index (χ3v) is 4.52. The minimum Gasteiger partial charge on any atom is -0.493 e. The molecule has 0 N–H and O–H groups in total. The average Bonchev–Trinajstić information content (AvgIpc) is 2.74.